The Balaban J connectivity index is 1.90. The van der Waals surface area contributed by atoms with Crippen LogP contribution in [0.3, 0.4) is 0 Å². The maximum absolute atomic E-state index is 5.56. The van der Waals surface area contributed by atoms with Gasteiger partial charge in [0.2, 0.25) is 5.75 Å². The molecule has 0 unspecified atom stereocenters. The van der Waals surface area contributed by atoms with Crippen LogP contribution in [0.2, 0.25) is 0 Å². The summed E-state index contributed by atoms with van der Waals surface area (Å²) in [5.74, 6) is 2.53. The van der Waals surface area contributed by atoms with Crippen LogP contribution in [0.4, 0.5) is 0 Å². The van der Waals surface area contributed by atoms with E-state index < -0.39 is 0 Å². The summed E-state index contributed by atoms with van der Waals surface area (Å²) in [7, 11) is 4.83. The van der Waals surface area contributed by atoms with E-state index >= 15 is 0 Å². The van der Waals surface area contributed by atoms with Crippen LogP contribution < -0.4 is 14.2 Å². The van der Waals surface area contributed by atoms with Gasteiger partial charge in [-0.1, -0.05) is 38.3 Å². The lowest BCUT2D eigenvalue weighted by atomic mass is 10.1. The monoisotopic (exact) mass is 420 g/mol. The van der Waals surface area contributed by atoms with E-state index in [1.54, 1.807) is 21.3 Å². The van der Waals surface area contributed by atoms with Gasteiger partial charge in [0, 0.05) is 12.1 Å². The second kappa shape index (κ2) is 9.20. The molecule has 4 rings (SSSR count). The number of benzene rings is 2. The average molecular weight is 421 g/mol. The summed E-state index contributed by atoms with van der Waals surface area (Å²) < 4.78 is 18.8. The number of unbranched alkanes of at least 4 members (excludes halogenated alkanes) is 3. The summed E-state index contributed by atoms with van der Waals surface area (Å²) >= 11 is 0. The Kier molecular flexibility index (Phi) is 6.21. The fraction of sp³-hybridized carbons (Fsp3) is 0.375. The fourth-order valence-corrected chi connectivity index (χ4v) is 3.84. The van der Waals surface area contributed by atoms with Crippen LogP contribution in [0.15, 0.2) is 36.4 Å². The lowest BCUT2D eigenvalue weighted by molar-refractivity contribution is 0.324. The molecule has 2 aromatic carbocycles. The van der Waals surface area contributed by atoms with Gasteiger partial charge >= 0.3 is 0 Å². The highest BCUT2D eigenvalue weighted by Gasteiger charge is 2.20. The zero-order valence-corrected chi connectivity index (χ0v) is 18.5. The van der Waals surface area contributed by atoms with Crippen molar-refractivity contribution in [1.82, 2.24) is 19.5 Å². The van der Waals surface area contributed by atoms with Crippen LogP contribution in [-0.2, 0) is 6.54 Å². The molecule has 4 aromatic rings. The van der Waals surface area contributed by atoms with Crippen LogP contribution >= 0.6 is 0 Å². The molecule has 7 heteroatoms. The molecular weight excluding hydrogens is 392 g/mol. The van der Waals surface area contributed by atoms with Crippen LogP contribution in [-0.4, -0.2) is 40.8 Å². The number of methoxy groups -OCH3 is 3. The number of ether oxygens (including phenoxy) is 3. The predicted octanol–water partition coefficient (Wildman–Crippen LogP) is 5.25. The molecule has 0 aliphatic heterocycles. The Labute approximate surface area is 182 Å². The lowest BCUT2D eigenvalue weighted by Crippen LogP contribution is -2.03. The summed E-state index contributed by atoms with van der Waals surface area (Å²) in [6, 6.07) is 11.7. The van der Waals surface area contributed by atoms with Gasteiger partial charge in [0.25, 0.3) is 0 Å². The number of hydrogen-bond donors (Lipinski definition) is 0. The quantitative estimate of drug-likeness (QED) is 0.344. The number of aryl methyl sites for hydroxylation is 1. The lowest BCUT2D eigenvalue weighted by Gasteiger charge is -2.15. The summed E-state index contributed by atoms with van der Waals surface area (Å²) in [5.41, 5.74) is 3.99. The van der Waals surface area contributed by atoms with Crippen molar-refractivity contribution in [2.45, 2.75) is 39.2 Å². The van der Waals surface area contributed by atoms with Crippen molar-refractivity contribution in [3.8, 4) is 28.6 Å². The third-order valence-corrected chi connectivity index (χ3v) is 5.42. The van der Waals surface area contributed by atoms with Gasteiger partial charge in [-0.15, -0.1) is 0 Å². The van der Waals surface area contributed by atoms with Crippen molar-refractivity contribution in [3.05, 3.63) is 36.4 Å². The van der Waals surface area contributed by atoms with Gasteiger partial charge in [-0.2, -0.15) is 0 Å². The third kappa shape index (κ3) is 4.00. The van der Waals surface area contributed by atoms with Gasteiger partial charge < -0.3 is 18.8 Å². The molecular formula is C24H28N4O3. The molecule has 0 aliphatic rings. The Bertz CT molecular complexity index is 1180. The zero-order chi connectivity index (χ0) is 21.8. The van der Waals surface area contributed by atoms with E-state index in [0.29, 0.717) is 22.9 Å². The Hall–Kier alpha value is -3.35. The summed E-state index contributed by atoms with van der Waals surface area (Å²) in [6.45, 7) is 3.03. The first kappa shape index (κ1) is 20.9. The van der Waals surface area contributed by atoms with E-state index in [4.69, 9.17) is 29.2 Å². The minimum Gasteiger partial charge on any atom is -0.493 e. The number of rotatable bonds is 9. The minimum atomic E-state index is 0.557. The highest BCUT2D eigenvalue weighted by Crippen LogP contribution is 2.41. The van der Waals surface area contributed by atoms with Crippen molar-refractivity contribution >= 4 is 22.3 Å². The van der Waals surface area contributed by atoms with E-state index in [-0.39, 0.29) is 0 Å². The molecule has 0 radical (unpaired) electrons. The van der Waals surface area contributed by atoms with Gasteiger partial charge in [-0.3, -0.25) is 0 Å². The van der Waals surface area contributed by atoms with Crippen LogP contribution in [0.25, 0.3) is 33.7 Å². The maximum Gasteiger partial charge on any atom is 0.203 e. The van der Waals surface area contributed by atoms with Gasteiger partial charge in [0.1, 0.15) is 5.82 Å². The number of hydrogen-bond acceptors (Lipinski definition) is 6. The van der Waals surface area contributed by atoms with Crippen molar-refractivity contribution < 1.29 is 14.2 Å². The Morgan fingerprint density at radius 3 is 2.10 bits per heavy atom. The number of imidazole rings is 1. The van der Waals surface area contributed by atoms with Crippen molar-refractivity contribution in [2.24, 2.45) is 0 Å². The molecule has 0 amide bonds. The summed E-state index contributed by atoms with van der Waals surface area (Å²) in [4.78, 5) is 14.5. The molecule has 0 bridgehead atoms. The summed E-state index contributed by atoms with van der Waals surface area (Å²) in [6.07, 6.45) is 4.60. The van der Waals surface area contributed by atoms with Crippen molar-refractivity contribution in [1.29, 1.82) is 0 Å². The molecule has 0 spiro atoms. The molecule has 0 saturated carbocycles. The molecule has 0 N–H and O–H groups in total. The Morgan fingerprint density at radius 1 is 0.806 bits per heavy atom. The predicted molar refractivity (Wildman–Crippen MR) is 122 cm³/mol. The largest absolute Gasteiger partial charge is 0.493 e. The molecule has 2 aromatic heterocycles. The van der Waals surface area contributed by atoms with E-state index in [0.717, 1.165) is 47.5 Å². The number of aromatic nitrogens is 4. The van der Waals surface area contributed by atoms with Gasteiger partial charge in [0.05, 0.1) is 32.4 Å². The standard InChI is InChI=1S/C24H28N4O3/c1-5-6-7-10-13-28-23(16-14-19(29-2)21(31-4)20(15-16)30-3)27-22-24(28)26-18-12-9-8-11-17(18)25-22/h8-9,11-12,14-15H,5-7,10,13H2,1-4H3. The number of nitrogens with zero attached hydrogens (tertiary/aromatic N) is 4. The van der Waals surface area contributed by atoms with E-state index in [2.05, 4.69) is 11.5 Å². The maximum atomic E-state index is 5.56. The molecule has 162 valence electrons. The van der Waals surface area contributed by atoms with E-state index in [1.807, 2.05) is 36.4 Å². The molecule has 0 fully saturated rings. The van der Waals surface area contributed by atoms with Crippen molar-refractivity contribution in [3.63, 3.8) is 0 Å². The third-order valence-electron chi connectivity index (χ3n) is 5.42. The fourth-order valence-electron chi connectivity index (χ4n) is 3.84. The SMILES string of the molecule is CCCCCCn1c(-c2cc(OC)c(OC)c(OC)c2)nc2nc3ccccc3nc21. The first-order valence-corrected chi connectivity index (χ1v) is 10.6. The number of fused-ring (bicyclic) bond motifs is 2. The van der Waals surface area contributed by atoms with E-state index in [1.165, 1.54) is 12.8 Å². The first-order chi connectivity index (χ1) is 15.2. The average Bonchev–Trinajstić information content (AvgIpc) is 3.16. The summed E-state index contributed by atoms with van der Waals surface area (Å²) in [5, 5.41) is 0. The molecule has 2 heterocycles. The highest BCUT2D eigenvalue weighted by molar-refractivity contribution is 5.85. The molecule has 7 nitrogen and oxygen atoms in total. The zero-order valence-electron chi connectivity index (χ0n) is 18.5. The van der Waals surface area contributed by atoms with Gasteiger partial charge in [0.15, 0.2) is 22.8 Å². The second-order valence-electron chi connectivity index (χ2n) is 7.42. The number of para-hydroxylation sites is 2. The highest BCUT2D eigenvalue weighted by atomic mass is 16.5. The second-order valence-corrected chi connectivity index (χ2v) is 7.42. The molecule has 0 atom stereocenters. The molecule has 0 saturated heterocycles. The van der Waals surface area contributed by atoms with Crippen LogP contribution in [0.1, 0.15) is 32.6 Å². The van der Waals surface area contributed by atoms with Crippen LogP contribution in [0.5, 0.6) is 17.2 Å². The van der Waals surface area contributed by atoms with E-state index in [9.17, 15) is 0 Å². The molecule has 0 aliphatic carbocycles. The Morgan fingerprint density at radius 2 is 1.48 bits per heavy atom. The smallest absolute Gasteiger partial charge is 0.203 e. The van der Waals surface area contributed by atoms with Crippen LogP contribution in [0, 0.1) is 0 Å². The normalized spacial score (nSPS) is 11.2. The van der Waals surface area contributed by atoms with Crippen molar-refractivity contribution in [2.75, 3.05) is 21.3 Å². The minimum absolute atomic E-state index is 0.557. The van der Waals surface area contributed by atoms with Gasteiger partial charge in [-0.25, -0.2) is 15.0 Å². The first-order valence-electron chi connectivity index (χ1n) is 10.6. The molecule has 31 heavy (non-hydrogen) atoms. The topological polar surface area (TPSA) is 71.3 Å². The van der Waals surface area contributed by atoms with Gasteiger partial charge in [-0.05, 0) is 30.7 Å².